The van der Waals surface area contributed by atoms with Crippen LogP contribution in [-0.4, -0.2) is 24.5 Å². The molecule has 0 aliphatic heterocycles. The Morgan fingerprint density at radius 2 is 2.45 bits per heavy atom. The summed E-state index contributed by atoms with van der Waals surface area (Å²) in [5.41, 5.74) is 1.50. The summed E-state index contributed by atoms with van der Waals surface area (Å²) in [6, 6.07) is 7.37. The summed E-state index contributed by atoms with van der Waals surface area (Å²) in [5, 5.41) is 7.50. The summed E-state index contributed by atoms with van der Waals surface area (Å²) < 4.78 is 11.5. The van der Waals surface area contributed by atoms with Gasteiger partial charge in [0.1, 0.15) is 11.0 Å². The summed E-state index contributed by atoms with van der Waals surface area (Å²) in [6.07, 6.45) is 0. The van der Waals surface area contributed by atoms with E-state index < -0.39 is 0 Å². The first-order valence-corrected chi connectivity index (χ1v) is 3.09. The largest absolute Gasteiger partial charge is 0.479 e. The molecule has 5 heteroatoms. The molecular formula is C6H5BN3O. The monoisotopic (exact) mass is 148 g/mol. The molecule has 0 saturated carbocycles. The summed E-state index contributed by atoms with van der Waals surface area (Å²) in [6.45, 7) is 0. The van der Waals surface area contributed by atoms with Gasteiger partial charge >= 0.3 is 8.01 Å². The lowest BCUT2D eigenvalue weighted by Gasteiger charge is -1.96. The Morgan fingerprint density at radius 3 is 3.36 bits per heavy atom. The average molecular weight is 148 g/mol. The highest BCUT2D eigenvalue weighted by Gasteiger charge is 1.99. The van der Waals surface area contributed by atoms with Crippen LogP contribution in [0.15, 0.2) is 24.3 Å². The van der Waals surface area contributed by atoms with Gasteiger partial charge in [-0.15, -0.1) is 5.10 Å². The van der Waals surface area contributed by atoms with Gasteiger partial charge in [-0.25, -0.2) is 0 Å². The van der Waals surface area contributed by atoms with Crippen molar-refractivity contribution in [1.82, 2.24) is 15.2 Å². The van der Waals surface area contributed by atoms with Crippen molar-refractivity contribution in [2.75, 3.05) is 0 Å². The maximum absolute atomic E-state index is 6.72. The van der Waals surface area contributed by atoms with Gasteiger partial charge in [0.15, 0.2) is 0 Å². The first-order valence-electron chi connectivity index (χ1n) is 3.67. The smallest absolute Gasteiger partial charge is 0.390 e. The number of fused-ring (bicyclic) bond motifs is 1. The van der Waals surface area contributed by atoms with Gasteiger partial charge in [0, 0.05) is 1.34 Å². The lowest BCUT2D eigenvalue weighted by molar-refractivity contribution is 0.261. The number of para-hydroxylation sites is 1. The molecule has 0 bridgehead atoms. The highest BCUT2D eigenvalue weighted by molar-refractivity contribution is 5.98. The topological polar surface area (TPSA) is 39.9 Å². The molecule has 2 aromatic rings. The van der Waals surface area contributed by atoms with Crippen molar-refractivity contribution >= 4 is 19.0 Å². The zero-order valence-corrected chi connectivity index (χ0v) is 5.64. The highest BCUT2D eigenvalue weighted by Crippen LogP contribution is 2.07. The minimum Gasteiger partial charge on any atom is -0.479 e. The molecule has 0 unspecified atom stereocenters. The predicted molar refractivity (Wildman–Crippen MR) is 41.3 cm³/mol. The third kappa shape index (κ3) is 0.850. The van der Waals surface area contributed by atoms with Crippen molar-refractivity contribution in [3.63, 3.8) is 0 Å². The van der Waals surface area contributed by atoms with Crippen molar-refractivity contribution in [2.24, 2.45) is 0 Å². The van der Waals surface area contributed by atoms with Crippen molar-refractivity contribution in [3.05, 3.63) is 24.3 Å². The zero-order valence-electron chi connectivity index (χ0n) is 6.64. The maximum atomic E-state index is 6.72. The molecule has 0 aliphatic rings. The van der Waals surface area contributed by atoms with E-state index in [0.29, 0.717) is 0 Å². The lowest BCUT2D eigenvalue weighted by atomic mass is 10.3. The van der Waals surface area contributed by atoms with E-state index in [2.05, 4.69) is 10.3 Å². The van der Waals surface area contributed by atoms with Gasteiger partial charge in [0.25, 0.3) is 0 Å². The van der Waals surface area contributed by atoms with E-state index >= 15 is 0 Å². The molecule has 1 radical (unpaired) electrons. The molecule has 0 fully saturated rings. The first-order chi connectivity index (χ1) is 5.92. The van der Waals surface area contributed by atoms with Gasteiger partial charge in [-0.2, -0.15) is 0 Å². The van der Waals surface area contributed by atoms with Crippen molar-refractivity contribution < 1.29 is 4.76 Å². The van der Waals surface area contributed by atoms with Crippen LogP contribution in [0, 0.1) is 0 Å². The molecule has 2 rings (SSSR count). The number of rotatable bonds is 2. The molecule has 0 atom stereocenters. The van der Waals surface area contributed by atoms with Gasteiger partial charge in [-0.1, -0.05) is 17.0 Å². The number of nitrogens with zero attached hydrogens (tertiary/aromatic N) is 3. The van der Waals surface area contributed by atoms with Crippen LogP contribution in [0.2, 0.25) is 0 Å². The molecule has 1 heterocycles. The number of benzene rings is 1. The van der Waals surface area contributed by atoms with Crippen LogP contribution in [0.1, 0.15) is 0 Å². The Kier molecular flexibility index (Phi) is 1.07. The quantitative estimate of drug-likeness (QED) is 0.547. The lowest BCUT2D eigenvalue weighted by Crippen LogP contribution is -2.08. The molecule has 53 valence electrons. The van der Waals surface area contributed by atoms with Crippen LogP contribution in [0.3, 0.4) is 0 Å². The van der Waals surface area contributed by atoms with Crippen LogP contribution < -0.4 is 4.76 Å². The molecule has 4 nitrogen and oxygen atoms in total. The molecule has 0 amide bonds. The third-order valence-corrected chi connectivity index (χ3v) is 1.42. The predicted octanol–water partition coefficient (Wildman–Crippen LogP) is -0.324. The molecule has 1 aromatic heterocycles. The van der Waals surface area contributed by atoms with E-state index in [4.69, 9.17) is 6.09 Å². The SMILES string of the molecule is [3H][B]On1nnc2ccccc21. The van der Waals surface area contributed by atoms with E-state index in [9.17, 15) is 0 Å². The summed E-state index contributed by atoms with van der Waals surface area (Å²) in [5.74, 6) is 0. The van der Waals surface area contributed by atoms with Crippen LogP contribution in [0.25, 0.3) is 11.0 Å². The third-order valence-electron chi connectivity index (χ3n) is 1.42. The molecular weight excluding hydrogens is 141 g/mol. The van der Waals surface area contributed by atoms with Gasteiger partial charge in [-0.05, 0) is 17.3 Å². The first kappa shape index (κ1) is 5.18. The zero-order chi connectivity index (χ0) is 8.39. The van der Waals surface area contributed by atoms with E-state index in [1.54, 1.807) is 0 Å². The maximum Gasteiger partial charge on any atom is 0.390 e. The van der Waals surface area contributed by atoms with Gasteiger partial charge in [0.2, 0.25) is 0 Å². The van der Waals surface area contributed by atoms with Crippen molar-refractivity contribution in [3.8, 4) is 0 Å². The van der Waals surface area contributed by atoms with E-state index in [0.717, 1.165) is 19.0 Å². The second-order valence-electron chi connectivity index (χ2n) is 2.06. The molecule has 0 spiro atoms. The summed E-state index contributed by atoms with van der Waals surface area (Å²) in [4.78, 5) is 1.20. The van der Waals surface area contributed by atoms with Crippen LogP contribution in [-0.2, 0) is 0 Å². The number of aromatic nitrogens is 3. The van der Waals surface area contributed by atoms with E-state index in [-0.39, 0.29) is 0 Å². The molecule has 1 aromatic carbocycles. The van der Waals surface area contributed by atoms with Crippen LogP contribution in [0.5, 0.6) is 0 Å². The minimum atomic E-state index is 0.749. The summed E-state index contributed by atoms with van der Waals surface area (Å²) in [7, 11) is 0.807. The van der Waals surface area contributed by atoms with E-state index in [1.165, 1.54) is 4.85 Å². The Morgan fingerprint density at radius 1 is 1.55 bits per heavy atom. The van der Waals surface area contributed by atoms with Gasteiger partial charge < -0.3 is 4.76 Å². The molecule has 0 N–H and O–H groups in total. The standard InChI is InChI=1S/C6H5BN3O/c7-11-10-6-4-2-1-3-5(6)8-9-10/h1-4,7H/i7T. The number of hydrogen-bond donors (Lipinski definition) is 0. The molecule has 11 heavy (non-hydrogen) atoms. The Hall–Kier alpha value is -1.52. The highest BCUT2D eigenvalue weighted by atomic mass is 16.6. The second kappa shape index (κ2) is 2.27. The Balaban J connectivity index is 2.55. The fraction of sp³-hybridized carbons (Fsp3) is 0. The number of hydrogen-bond acceptors (Lipinski definition) is 3. The molecule has 0 saturated heterocycles. The Labute approximate surface area is 65.5 Å². The van der Waals surface area contributed by atoms with E-state index in [1.807, 2.05) is 24.3 Å². The van der Waals surface area contributed by atoms with Crippen molar-refractivity contribution in [1.29, 1.82) is 1.34 Å². The average Bonchev–Trinajstić information content (AvgIpc) is 2.50. The van der Waals surface area contributed by atoms with Gasteiger partial charge in [-0.3, -0.25) is 0 Å². The molecule has 0 aliphatic carbocycles. The fourth-order valence-corrected chi connectivity index (χ4v) is 0.925. The van der Waals surface area contributed by atoms with Crippen LogP contribution in [0.4, 0.5) is 0 Å². The van der Waals surface area contributed by atoms with Crippen LogP contribution >= 0.6 is 0 Å². The van der Waals surface area contributed by atoms with Gasteiger partial charge in [0.05, 0.1) is 0 Å². The normalized spacial score (nSPS) is 11.1. The second-order valence-corrected chi connectivity index (χ2v) is 2.06. The summed E-state index contributed by atoms with van der Waals surface area (Å²) >= 11 is 0. The van der Waals surface area contributed by atoms with Crippen molar-refractivity contribution in [2.45, 2.75) is 0 Å². The minimum absolute atomic E-state index is 0.749. The Bertz CT molecular complexity index is 391. The fourth-order valence-electron chi connectivity index (χ4n) is 0.925.